The Hall–Kier alpha value is -0.730. The molecule has 104 valence electrons. The summed E-state index contributed by atoms with van der Waals surface area (Å²) < 4.78 is 56.3. The van der Waals surface area contributed by atoms with Crippen LogP contribution in [0.15, 0.2) is 4.42 Å². The third kappa shape index (κ3) is 3.89. The summed E-state index contributed by atoms with van der Waals surface area (Å²) in [7, 11) is 0. The first-order valence-corrected chi connectivity index (χ1v) is 6.64. The number of oxazole rings is 1. The van der Waals surface area contributed by atoms with Crippen LogP contribution in [0.5, 0.6) is 0 Å². The molecule has 0 aromatic carbocycles. The number of alkyl halides is 3. The highest BCUT2D eigenvalue weighted by atomic mass is 32.2. The molecule has 0 amide bonds. The van der Waals surface area contributed by atoms with Gasteiger partial charge in [0.1, 0.15) is 10.9 Å². The molecule has 1 N–H and O–H groups in total. The molecule has 0 radical (unpaired) electrons. The number of rotatable bonds is 5. The Morgan fingerprint density at radius 3 is 2.61 bits per heavy atom. The monoisotopic (exact) mass is 284 g/mol. The Balaban J connectivity index is 2.73. The number of halogens is 3. The van der Waals surface area contributed by atoms with Gasteiger partial charge >= 0.3 is 6.18 Å². The summed E-state index contributed by atoms with van der Waals surface area (Å²) in [5.74, 6) is -1.19. The van der Waals surface area contributed by atoms with E-state index in [1.807, 2.05) is 6.92 Å². The second-order valence-corrected chi connectivity index (χ2v) is 5.53. The second kappa shape index (κ2) is 5.94. The molecule has 2 unspecified atom stereocenters. The van der Waals surface area contributed by atoms with E-state index in [1.54, 1.807) is 6.92 Å². The van der Waals surface area contributed by atoms with Crippen LogP contribution in [0.2, 0.25) is 0 Å². The van der Waals surface area contributed by atoms with E-state index in [9.17, 15) is 17.7 Å². The maximum Gasteiger partial charge on any atom is 0.451 e. The quantitative estimate of drug-likeness (QED) is 0.844. The van der Waals surface area contributed by atoms with E-state index in [2.05, 4.69) is 14.1 Å². The van der Waals surface area contributed by atoms with Crippen LogP contribution in [-0.2, 0) is 24.1 Å². The van der Waals surface area contributed by atoms with Crippen LogP contribution in [0.3, 0.4) is 0 Å². The van der Waals surface area contributed by atoms with Gasteiger partial charge in [-0.05, 0) is 13.3 Å². The van der Waals surface area contributed by atoms with E-state index in [4.69, 9.17) is 0 Å². The van der Waals surface area contributed by atoms with E-state index in [0.29, 0.717) is 6.42 Å². The molecule has 2 atom stereocenters. The molecule has 0 bridgehead atoms. The molecule has 0 spiro atoms. The summed E-state index contributed by atoms with van der Waals surface area (Å²) in [5, 5.41) is -0.132. The average molecular weight is 284 g/mol. The van der Waals surface area contributed by atoms with Gasteiger partial charge in [-0.1, -0.05) is 6.92 Å². The highest BCUT2D eigenvalue weighted by Crippen LogP contribution is 2.32. The zero-order valence-electron chi connectivity index (χ0n) is 10.3. The van der Waals surface area contributed by atoms with Crippen LogP contribution in [-0.4, -0.2) is 14.8 Å². The van der Waals surface area contributed by atoms with Crippen molar-refractivity contribution < 1.29 is 22.1 Å². The van der Waals surface area contributed by atoms with Crippen LogP contribution in [0.25, 0.3) is 0 Å². The maximum absolute atomic E-state index is 12.6. The van der Waals surface area contributed by atoms with Crippen molar-refractivity contribution in [2.45, 2.75) is 45.2 Å². The van der Waals surface area contributed by atoms with Gasteiger partial charge in [0.05, 0.1) is 6.54 Å². The predicted octanol–water partition coefficient (Wildman–Crippen LogP) is 2.55. The molecule has 4 nitrogen and oxygen atoms in total. The lowest BCUT2D eigenvalue weighted by atomic mass is 10.3. The molecular formula is C10H15F3N2O2S. The summed E-state index contributed by atoms with van der Waals surface area (Å²) in [6.07, 6.45) is -3.92. The number of nitrogens with zero attached hydrogens (tertiary/aromatic N) is 1. The minimum atomic E-state index is -4.59. The van der Waals surface area contributed by atoms with Gasteiger partial charge in [-0.25, -0.2) is 4.98 Å². The Bertz CT molecular complexity index is 395. The van der Waals surface area contributed by atoms with Crippen LogP contribution in [0.1, 0.15) is 37.6 Å². The van der Waals surface area contributed by atoms with Gasteiger partial charge in [0.2, 0.25) is 5.76 Å². The van der Waals surface area contributed by atoms with Gasteiger partial charge in [-0.15, -0.1) is 4.72 Å². The third-order valence-electron chi connectivity index (χ3n) is 2.38. The van der Waals surface area contributed by atoms with E-state index in [0.717, 1.165) is 0 Å². The Morgan fingerprint density at radius 1 is 1.50 bits per heavy atom. The SMILES string of the molecule is CCC(C)[S+]([O-])NCc1nc(C)oc1C(F)(F)F. The van der Waals surface area contributed by atoms with Crippen molar-refractivity contribution >= 4 is 11.4 Å². The minimum Gasteiger partial charge on any atom is -0.598 e. The summed E-state index contributed by atoms with van der Waals surface area (Å²) in [4.78, 5) is 3.65. The van der Waals surface area contributed by atoms with E-state index in [-0.39, 0.29) is 23.4 Å². The molecule has 1 aromatic rings. The zero-order valence-corrected chi connectivity index (χ0v) is 11.1. The lowest BCUT2D eigenvalue weighted by Gasteiger charge is -2.16. The smallest absolute Gasteiger partial charge is 0.451 e. The molecule has 1 aromatic heterocycles. The average Bonchev–Trinajstić information content (AvgIpc) is 2.66. The first-order valence-electron chi connectivity index (χ1n) is 5.43. The Kier molecular flexibility index (Phi) is 5.06. The Morgan fingerprint density at radius 2 is 2.11 bits per heavy atom. The fourth-order valence-electron chi connectivity index (χ4n) is 1.24. The molecule has 1 rings (SSSR count). The molecule has 0 saturated heterocycles. The van der Waals surface area contributed by atoms with Gasteiger partial charge in [-0.2, -0.15) is 13.2 Å². The predicted molar refractivity (Wildman–Crippen MR) is 61.0 cm³/mol. The largest absolute Gasteiger partial charge is 0.598 e. The molecule has 0 aliphatic carbocycles. The van der Waals surface area contributed by atoms with Gasteiger partial charge in [-0.3, -0.25) is 0 Å². The van der Waals surface area contributed by atoms with Crippen molar-refractivity contribution in [1.82, 2.24) is 9.71 Å². The molecule has 0 aliphatic heterocycles. The molecule has 8 heteroatoms. The number of hydrogen-bond acceptors (Lipinski definition) is 4. The van der Waals surface area contributed by atoms with Crippen molar-refractivity contribution in [2.24, 2.45) is 0 Å². The van der Waals surface area contributed by atoms with Crippen LogP contribution in [0.4, 0.5) is 13.2 Å². The first-order chi connectivity index (χ1) is 8.25. The molecular weight excluding hydrogens is 269 g/mol. The zero-order chi connectivity index (χ0) is 13.9. The fourth-order valence-corrected chi connectivity index (χ4v) is 2.11. The van der Waals surface area contributed by atoms with Crippen molar-refractivity contribution in [3.63, 3.8) is 0 Å². The summed E-state index contributed by atoms with van der Waals surface area (Å²) in [6, 6.07) is 0. The number of aryl methyl sites for hydroxylation is 1. The van der Waals surface area contributed by atoms with E-state index in [1.165, 1.54) is 6.92 Å². The summed E-state index contributed by atoms with van der Waals surface area (Å²) >= 11 is -1.39. The van der Waals surface area contributed by atoms with Crippen molar-refractivity contribution in [2.75, 3.05) is 0 Å². The highest BCUT2D eigenvalue weighted by Gasteiger charge is 2.39. The fraction of sp³-hybridized carbons (Fsp3) is 0.700. The highest BCUT2D eigenvalue weighted by molar-refractivity contribution is 7.90. The van der Waals surface area contributed by atoms with Crippen LogP contribution >= 0.6 is 0 Å². The Labute approximate surface area is 106 Å². The molecule has 0 aliphatic rings. The van der Waals surface area contributed by atoms with Gasteiger partial charge in [0, 0.05) is 18.3 Å². The van der Waals surface area contributed by atoms with Gasteiger partial charge < -0.3 is 8.97 Å². The van der Waals surface area contributed by atoms with E-state index >= 15 is 0 Å². The van der Waals surface area contributed by atoms with E-state index < -0.39 is 23.3 Å². The van der Waals surface area contributed by atoms with Crippen molar-refractivity contribution in [3.8, 4) is 0 Å². The summed E-state index contributed by atoms with van der Waals surface area (Å²) in [5.41, 5.74) is -0.267. The van der Waals surface area contributed by atoms with Crippen molar-refractivity contribution in [3.05, 3.63) is 17.3 Å². The molecule has 18 heavy (non-hydrogen) atoms. The van der Waals surface area contributed by atoms with Crippen LogP contribution < -0.4 is 4.72 Å². The third-order valence-corrected chi connectivity index (χ3v) is 3.88. The number of aromatic nitrogens is 1. The molecule has 0 saturated carbocycles. The minimum absolute atomic E-state index is 0.0616. The lowest BCUT2D eigenvalue weighted by molar-refractivity contribution is -0.154. The topological polar surface area (TPSA) is 61.1 Å². The summed E-state index contributed by atoms with van der Waals surface area (Å²) in [6.45, 7) is 4.71. The maximum atomic E-state index is 12.6. The van der Waals surface area contributed by atoms with Crippen molar-refractivity contribution in [1.29, 1.82) is 0 Å². The van der Waals surface area contributed by atoms with Crippen LogP contribution in [0, 0.1) is 6.92 Å². The van der Waals surface area contributed by atoms with Gasteiger partial charge in [0.15, 0.2) is 5.89 Å². The number of nitrogens with one attached hydrogen (secondary N) is 1. The molecule has 1 heterocycles. The standard InChI is InChI=1S/C10H15F3N2O2S/c1-4-6(2)18(16)14-5-8-9(10(11,12)13)17-7(3)15-8/h6,14H,4-5H2,1-3H3. The normalized spacial score (nSPS) is 15.7. The van der Waals surface area contributed by atoms with Gasteiger partial charge in [0.25, 0.3) is 0 Å². The first kappa shape index (κ1) is 15.3. The molecule has 0 fully saturated rings. The second-order valence-electron chi connectivity index (χ2n) is 3.84. The lowest BCUT2D eigenvalue weighted by Crippen LogP contribution is -2.32. The number of hydrogen-bond donors (Lipinski definition) is 1.